The third-order valence-electron chi connectivity index (χ3n) is 3.65. The van der Waals surface area contributed by atoms with Crippen LogP contribution in [0, 0.1) is 12.8 Å². The summed E-state index contributed by atoms with van der Waals surface area (Å²) in [6.45, 7) is 8.20. The predicted molar refractivity (Wildman–Crippen MR) is 81.5 cm³/mol. The van der Waals surface area contributed by atoms with Gasteiger partial charge in [-0.25, -0.2) is 0 Å². The second kappa shape index (κ2) is 6.47. The van der Waals surface area contributed by atoms with Gasteiger partial charge in [0.1, 0.15) is 0 Å². The molecule has 19 heavy (non-hydrogen) atoms. The Morgan fingerprint density at radius 1 is 1.37 bits per heavy atom. The fraction of sp³-hybridized carbons (Fsp3) is 0.562. The number of aryl methyl sites for hydroxylation is 1. The highest BCUT2D eigenvalue weighted by molar-refractivity contribution is 8.00. The number of thioether (sulfide) groups is 1. The largest absolute Gasteiger partial charge is 0.341 e. The lowest BCUT2D eigenvalue weighted by Gasteiger charge is -2.32. The molecule has 0 saturated carbocycles. The van der Waals surface area contributed by atoms with E-state index in [9.17, 15) is 4.79 Å². The molecule has 1 aliphatic heterocycles. The van der Waals surface area contributed by atoms with Gasteiger partial charge < -0.3 is 4.90 Å². The van der Waals surface area contributed by atoms with E-state index in [-0.39, 0.29) is 11.2 Å². The van der Waals surface area contributed by atoms with Gasteiger partial charge in [0.15, 0.2) is 0 Å². The minimum atomic E-state index is 0.00741. The summed E-state index contributed by atoms with van der Waals surface area (Å²) in [5.41, 5.74) is 1.26. The fourth-order valence-corrected chi connectivity index (χ4v) is 3.47. The van der Waals surface area contributed by atoms with Gasteiger partial charge in [-0.05, 0) is 44.7 Å². The smallest absolute Gasteiger partial charge is 0.235 e. The standard InChI is InChI=1S/C16H23NOS/c1-12-6-8-15(9-7-12)19-14(3)16(18)17-10-4-5-13(2)11-17/h6-9,13-14H,4-5,10-11H2,1-3H3/t13-,14+/m1/s1. The van der Waals surface area contributed by atoms with Crippen LogP contribution in [0.4, 0.5) is 0 Å². The van der Waals surface area contributed by atoms with Crippen molar-refractivity contribution in [2.75, 3.05) is 13.1 Å². The van der Waals surface area contributed by atoms with Crippen molar-refractivity contribution in [2.24, 2.45) is 5.92 Å². The van der Waals surface area contributed by atoms with Crippen molar-refractivity contribution in [3.05, 3.63) is 29.8 Å². The van der Waals surface area contributed by atoms with Crippen LogP contribution in [-0.2, 0) is 4.79 Å². The maximum absolute atomic E-state index is 12.4. The molecule has 1 amide bonds. The van der Waals surface area contributed by atoms with E-state index in [1.165, 1.54) is 16.9 Å². The van der Waals surface area contributed by atoms with Gasteiger partial charge in [0.05, 0.1) is 5.25 Å². The van der Waals surface area contributed by atoms with Gasteiger partial charge in [0.2, 0.25) is 5.91 Å². The third-order valence-corrected chi connectivity index (χ3v) is 4.75. The van der Waals surface area contributed by atoms with Crippen LogP contribution in [-0.4, -0.2) is 29.1 Å². The summed E-state index contributed by atoms with van der Waals surface area (Å²) >= 11 is 1.66. The number of amides is 1. The molecule has 104 valence electrons. The first-order valence-corrected chi connectivity index (χ1v) is 7.96. The van der Waals surface area contributed by atoms with E-state index >= 15 is 0 Å². The number of rotatable bonds is 3. The van der Waals surface area contributed by atoms with Crippen molar-refractivity contribution < 1.29 is 4.79 Å². The van der Waals surface area contributed by atoms with Gasteiger partial charge >= 0.3 is 0 Å². The zero-order valence-electron chi connectivity index (χ0n) is 12.1. The van der Waals surface area contributed by atoms with Crippen LogP contribution in [0.1, 0.15) is 32.3 Å². The van der Waals surface area contributed by atoms with E-state index in [1.807, 2.05) is 11.8 Å². The third kappa shape index (κ3) is 4.00. The lowest BCUT2D eigenvalue weighted by atomic mass is 10.0. The zero-order valence-corrected chi connectivity index (χ0v) is 12.9. The number of benzene rings is 1. The number of piperidine rings is 1. The molecule has 0 aliphatic carbocycles. The van der Waals surface area contributed by atoms with Gasteiger partial charge in [-0.15, -0.1) is 11.8 Å². The van der Waals surface area contributed by atoms with Crippen LogP contribution in [0.3, 0.4) is 0 Å². The van der Waals surface area contributed by atoms with Gasteiger partial charge in [0.25, 0.3) is 0 Å². The summed E-state index contributed by atoms with van der Waals surface area (Å²) in [6, 6.07) is 8.40. The molecule has 0 radical (unpaired) electrons. The Hall–Kier alpha value is -0.960. The molecule has 0 N–H and O–H groups in total. The maximum Gasteiger partial charge on any atom is 0.235 e. The van der Waals surface area contributed by atoms with Crippen LogP contribution >= 0.6 is 11.8 Å². The zero-order chi connectivity index (χ0) is 13.8. The number of nitrogens with zero attached hydrogens (tertiary/aromatic N) is 1. The minimum Gasteiger partial charge on any atom is -0.341 e. The lowest BCUT2D eigenvalue weighted by molar-refractivity contribution is -0.131. The van der Waals surface area contributed by atoms with E-state index < -0.39 is 0 Å². The molecule has 0 bridgehead atoms. The second-order valence-corrected chi connectivity index (χ2v) is 7.02. The first-order chi connectivity index (χ1) is 9.06. The van der Waals surface area contributed by atoms with E-state index in [2.05, 4.69) is 38.1 Å². The van der Waals surface area contributed by atoms with Crippen molar-refractivity contribution in [2.45, 2.75) is 43.8 Å². The quantitative estimate of drug-likeness (QED) is 0.785. The second-order valence-electron chi connectivity index (χ2n) is 5.60. The summed E-state index contributed by atoms with van der Waals surface area (Å²) in [5, 5.41) is 0.00741. The molecule has 1 aromatic rings. The molecule has 2 nitrogen and oxygen atoms in total. The monoisotopic (exact) mass is 277 g/mol. The summed E-state index contributed by atoms with van der Waals surface area (Å²) < 4.78 is 0. The number of hydrogen-bond donors (Lipinski definition) is 0. The molecule has 0 aromatic heterocycles. The summed E-state index contributed by atoms with van der Waals surface area (Å²) in [4.78, 5) is 15.6. The molecular weight excluding hydrogens is 254 g/mol. The van der Waals surface area contributed by atoms with Gasteiger partial charge in [-0.2, -0.15) is 0 Å². The Bertz CT molecular complexity index is 429. The molecule has 2 rings (SSSR count). The Morgan fingerprint density at radius 3 is 2.68 bits per heavy atom. The van der Waals surface area contributed by atoms with Crippen LogP contribution in [0.25, 0.3) is 0 Å². The van der Waals surface area contributed by atoms with Crippen molar-refractivity contribution in [1.82, 2.24) is 4.90 Å². The summed E-state index contributed by atoms with van der Waals surface area (Å²) in [5.74, 6) is 0.936. The minimum absolute atomic E-state index is 0.00741. The first kappa shape index (κ1) is 14.4. The Labute approximate surface area is 120 Å². The SMILES string of the molecule is Cc1ccc(S[C@@H](C)C(=O)N2CCC[C@@H](C)C2)cc1. The lowest BCUT2D eigenvalue weighted by Crippen LogP contribution is -2.42. The first-order valence-electron chi connectivity index (χ1n) is 7.08. The Morgan fingerprint density at radius 2 is 2.05 bits per heavy atom. The molecular formula is C16H23NOS. The molecule has 1 aliphatic rings. The van der Waals surface area contributed by atoms with Crippen molar-refractivity contribution in [3.8, 4) is 0 Å². The number of hydrogen-bond acceptors (Lipinski definition) is 2. The maximum atomic E-state index is 12.4. The normalized spacial score (nSPS) is 21.2. The van der Waals surface area contributed by atoms with Gasteiger partial charge in [0, 0.05) is 18.0 Å². The molecule has 0 spiro atoms. The molecule has 3 heteroatoms. The van der Waals surface area contributed by atoms with Crippen molar-refractivity contribution in [1.29, 1.82) is 0 Å². The molecule has 1 heterocycles. The van der Waals surface area contributed by atoms with Crippen LogP contribution in [0.2, 0.25) is 0 Å². The van der Waals surface area contributed by atoms with E-state index in [0.29, 0.717) is 5.92 Å². The van der Waals surface area contributed by atoms with E-state index in [0.717, 1.165) is 19.5 Å². The van der Waals surface area contributed by atoms with Crippen molar-refractivity contribution in [3.63, 3.8) is 0 Å². The van der Waals surface area contributed by atoms with Crippen LogP contribution < -0.4 is 0 Å². The average molecular weight is 277 g/mol. The van der Waals surface area contributed by atoms with Crippen LogP contribution in [0.5, 0.6) is 0 Å². The highest BCUT2D eigenvalue weighted by atomic mass is 32.2. The molecule has 1 fully saturated rings. The van der Waals surface area contributed by atoms with Crippen LogP contribution in [0.15, 0.2) is 29.2 Å². The highest BCUT2D eigenvalue weighted by Crippen LogP contribution is 2.26. The van der Waals surface area contributed by atoms with E-state index in [1.54, 1.807) is 11.8 Å². The van der Waals surface area contributed by atoms with E-state index in [4.69, 9.17) is 0 Å². The number of carbonyl (C=O) groups excluding carboxylic acids is 1. The predicted octanol–water partition coefficient (Wildman–Crippen LogP) is 3.73. The molecule has 2 atom stereocenters. The number of likely N-dealkylation sites (tertiary alicyclic amines) is 1. The van der Waals surface area contributed by atoms with Crippen molar-refractivity contribution >= 4 is 17.7 Å². The summed E-state index contributed by atoms with van der Waals surface area (Å²) in [7, 11) is 0. The molecule has 1 saturated heterocycles. The topological polar surface area (TPSA) is 20.3 Å². The number of carbonyl (C=O) groups is 1. The fourth-order valence-electron chi connectivity index (χ4n) is 2.52. The summed E-state index contributed by atoms with van der Waals surface area (Å²) in [6.07, 6.45) is 2.40. The van der Waals surface area contributed by atoms with Gasteiger partial charge in [-0.3, -0.25) is 4.79 Å². The molecule has 0 unspecified atom stereocenters. The Balaban J connectivity index is 1.93. The molecule has 1 aromatic carbocycles. The Kier molecular flexibility index (Phi) is 4.92. The van der Waals surface area contributed by atoms with Gasteiger partial charge in [-0.1, -0.05) is 24.6 Å². The average Bonchev–Trinajstić information content (AvgIpc) is 2.40. The highest BCUT2D eigenvalue weighted by Gasteiger charge is 2.25.